The third-order valence-corrected chi connectivity index (χ3v) is 3.10. The van der Waals surface area contributed by atoms with Crippen LogP contribution in [0.1, 0.15) is 15.9 Å². The molecule has 5 heteroatoms. The highest BCUT2D eigenvalue weighted by atomic mass is 16.1. The molecule has 3 rings (SSSR count). The Bertz CT molecular complexity index is 908. The second-order valence-corrected chi connectivity index (χ2v) is 4.36. The molecule has 0 aliphatic carbocycles. The standard InChI is InChI=1S/C15H10N2O3/c18-13(9-4-2-1-3-5-9)10-6-7-11-12(8-10)15(20)17-16-14(11)19/h1-8H,(H,16,19)(H,17,20). The van der Waals surface area contributed by atoms with E-state index in [0.717, 1.165) is 0 Å². The zero-order chi connectivity index (χ0) is 14.1. The first kappa shape index (κ1) is 12.1. The number of aromatic nitrogens is 2. The van der Waals surface area contributed by atoms with Crippen LogP contribution in [0.5, 0.6) is 0 Å². The summed E-state index contributed by atoms with van der Waals surface area (Å²) in [4.78, 5) is 35.6. The van der Waals surface area contributed by atoms with E-state index in [9.17, 15) is 14.4 Å². The average molecular weight is 266 g/mol. The number of rotatable bonds is 2. The van der Waals surface area contributed by atoms with Crippen LogP contribution in [0.2, 0.25) is 0 Å². The molecule has 0 aliphatic heterocycles. The number of fused-ring (bicyclic) bond motifs is 1. The summed E-state index contributed by atoms with van der Waals surface area (Å²) in [5.74, 6) is -0.188. The van der Waals surface area contributed by atoms with E-state index < -0.39 is 11.1 Å². The quantitative estimate of drug-likeness (QED) is 0.688. The molecule has 3 aromatic rings. The van der Waals surface area contributed by atoms with Gasteiger partial charge in [0.15, 0.2) is 5.78 Å². The molecule has 0 aliphatic rings. The number of hydrogen-bond donors (Lipinski definition) is 2. The van der Waals surface area contributed by atoms with E-state index in [0.29, 0.717) is 11.1 Å². The zero-order valence-corrected chi connectivity index (χ0v) is 10.3. The summed E-state index contributed by atoms with van der Waals surface area (Å²) in [6, 6.07) is 13.2. The first-order valence-electron chi connectivity index (χ1n) is 6.01. The van der Waals surface area contributed by atoms with Gasteiger partial charge in [0.25, 0.3) is 11.1 Å². The molecule has 0 saturated heterocycles. The van der Waals surface area contributed by atoms with Gasteiger partial charge in [0.2, 0.25) is 0 Å². The van der Waals surface area contributed by atoms with Crippen molar-refractivity contribution in [2.45, 2.75) is 0 Å². The lowest BCUT2D eigenvalue weighted by atomic mass is 10.0. The van der Waals surface area contributed by atoms with Crippen molar-refractivity contribution in [1.29, 1.82) is 0 Å². The molecule has 0 fully saturated rings. The maximum absolute atomic E-state index is 12.3. The Morgan fingerprint density at radius 2 is 1.40 bits per heavy atom. The van der Waals surface area contributed by atoms with Gasteiger partial charge in [-0.1, -0.05) is 36.4 Å². The molecule has 2 aromatic carbocycles. The lowest BCUT2D eigenvalue weighted by Gasteiger charge is -2.02. The fourth-order valence-electron chi connectivity index (χ4n) is 2.08. The lowest BCUT2D eigenvalue weighted by Crippen LogP contribution is -2.19. The SMILES string of the molecule is O=C(c1ccccc1)c1ccc2c(=O)[nH][nH]c(=O)c2c1. The van der Waals surface area contributed by atoms with Crippen molar-refractivity contribution in [2.75, 3.05) is 0 Å². The van der Waals surface area contributed by atoms with Gasteiger partial charge in [-0.3, -0.25) is 24.6 Å². The minimum Gasteiger partial charge on any atom is -0.289 e. The molecule has 1 heterocycles. The van der Waals surface area contributed by atoms with Crippen LogP contribution in [0, 0.1) is 0 Å². The minimum absolute atomic E-state index is 0.188. The summed E-state index contributed by atoms with van der Waals surface area (Å²) >= 11 is 0. The molecule has 0 atom stereocenters. The zero-order valence-electron chi connectivity index (χ0n) is 10.3. The van der Waals surface area contributed by atoms with Gasteiger partial charge < -0.3 is 0 Å². The number of nitrogens with one attached hydrogen (secondary N) is 2. The maximum Gasteiger partial charge on any atom is 0.270 e. The molecule has 0 saturated carbocycles. The average Bonchev–Trinajstić information content (AvgIpc) is 2.51. The number of ketones is 1. The van der Waals surface area contributed by atoms with E-state index >= 15 is 0 Å². The Hall–Kier alpha value is -2.95. The summed E-state index contributed by atoms with van der Waals surface area (Å²) in [5.41, 5.74) is 0.0912. The van der Waals surface area contributed by atoms with Gasteiger partial charge in [-0.25, -0.2) is 0 Å². The molecular weight excluding hydrogens is 256 g/mol. The summed E-state index contributed by atoms with van der Waals surface area (Å²) < 4.78 is 0. The minimum atomic E-state index is -0.428. The summed E-state index contributed by atoms with van der Waals surface area (Å²) in [6.45, 7) is 0. The number of benzene rings is 2. The van der Waals surface area contributed by atoms with Crippen LogP contribution in [0.3, 0.4) is 0 Å². The van der Waals surface area contributed by atoms with Crippen LogP contribution in [0.25, 0.3) is 10.8 Å². The van der Waals surface area contributed by atoms with Crippen molar-refractivity contribution in [3.8, 4) is 0 Å². The molecule has 20 heavy (non-hydrogen) atoms. The van der Waals surface area contributed by atoms with Crippen LogP contribution >= 0.6 is 0 Å². The highest BCUT2D eigenvalue weighted by Crippen LogP contribution is 2.13. The van der Waals surface area contributed by atoms with Gasteiger partial charge >= 0.3 is 0 Å². The van der Waals surface area contributed by atoms with Crippen LogP contribution < -0.4 is 11.1 Å². The number of carbonyl (C=O) groups excluding carboxylic acids is 1. The van der Waals surface area contributed by atoms with Crippen molar-refractivity contribution >= 4 is 16.6 Å². The van der Waals surface area contributed by atoms with Crippen LogP contribution in [-0.2, 0) is 0 Å². The third-order valence-electron chi connectivity index (χ3n) is 3.10. The second-order valence-electron chi connectivity index (χ2n) is 4.36. The number of hydrogen-bond acceptors (Lipinski definition) is 3. The van der Waals surface area contributed by atoms with Crippen molar-refractivity contribution in [3.05, 3.63) is 80.4 Å². The van der Waals surface area contributed by atoms with E-state index in [-0.39, 0.29) is 16.6 Å². The third kappa shape index (κ3) is 1.95. The fourth-order valence-corrected chi connectivity index (χ4v) is 2.08. The Morgan fingerprint density at radius 1 is 0.750 bits per heavy atom. The predicted molar refractivity (Wildman–Crippen MR) is 75.1 cm³/mol. The molecule has 0 radical (unpaired) electrons. The largest absolute Gasteiger partial charge is 0.289 e. The molecule has 0 spiro atoms. The fraction of sp³-hybridized carbons (Fsp3) is 0. The molecule has 0 amide bonds. The van der Waals surface area contributed by atoms with Crippen molar-refractivity contribution < 1.29 is 4.79 Å². The van der Waals surface area contributed by atoms with Gasteiger partial charge in [-0.2, -0.15) is 0 Å². The molecule has 98 valence electrons. The van der Waals surface area contributed by atoms with E-state index in [1.165, 1.54) is 12.1 Å². The van der Waals surface area contributed by atoms with Crippen molar-refractivity contribution in [1.82, 2.24) is 10.2 Å². The van der Waals surface area contributed by atoms with Gasteiger partial charge in [0.1, 0.15) is 0 Å². The summed E-state index contributed by atoms with van der Waals surface area (Å²) in [5, 5.41) is 4.96. The van der Waals surface area contributed by atoms with Crippen LogP contribution in [0.4, 0.5) is 0 Å². The lowest BCUT2D eigenvalue weighted by molar-refractivity contribution is 0.103. The Morgan fingerprint density at radius 3 is 2.10 bits per heavy atom. The molecule has 1 aromatic heterocycles. The van der Waals surface area contributed by atoms with Gasteiger partial charge in [-0.05, 0) is 12.1 Å². The molecule has 2 N–H and O–H groups in total. The predicted octanol–water partition coefficient (Wildman–Crippen LogP) is 1.45. The molecular formula is C15H10N2O3. The maximum atomic E-state index is 12.3. The van der Waals surface area contributed by atoms with Crippen molar-refractivity contribution in [2.24, 2.45) is 0 Å². The highest BCUT2D eigenvalue weighted by Gasteiger charge is 2.11. The summed E-state index contributed by atoms with van der Waals surface area (Å²) in [6.07, 6.45) is 0. The van der Waals surface area contributed by atoms with E-state index in [1.807, 2.05) is 6.07 Å². The van der Waals surface area contributed by atoms with E-state index in [4.69, 9.17) is 0 Å². The normalized spacial score (nSPS) is 10.6. The molecule has 0 bridgehead atoms. The van der Waals surface area contributed by atoms with Crippen LogP contribution in [0.15, 0.2) is 58.1 Å². The van der Waals surface area contributed by atoms with Gasteiger partial charge in [0, 0.05) is 11.1 Å². The number of aromatic amines is 2. The molecule has 0 unspecified atom stereocenters. The van der Waals surface area contributed by atoms with Gasteiger partial charge in [0.05, 0.1) is 10.8 Å². The summed E-state index contributed by atoms with van der Waals surface area (Å²) in [7, 11) is 0. The Kier molecular flexibility index (Phi) is 2.80. The van der Waals surface area contributed by atoms with E-state index in [1.54, 1.807) is 30.3 Å². The number of carbonyl (C=O) groups is 1. The second kappa shape index (κ2) is 4.62. The van der Waals surface area contributed by atoms with Crippen molar-refractivity contribution in [3.63, 3.8) is 0 Å². The van der Waals surface area contributed by atoms with Crippen LogP contribution in [-0.4, -0.2) is 16.0 Å². The smallest absolute Gasteiger partial charge is 0.270 e. The van der Waals surface area contributed by atoms with E-state index in [2.05, 4.69) is 10.2 Å². The first-order chi connectivity index (χ1) is 9.66. The Labute approximate surface area is 112 Å². The topological polar surface area (TPSA) is 82.8 Å². The monoisotopic (exact) mass is 266 g/mol. The van der Waals surface area contributed by atoms with Gasteiger partial charge in [-0.15, -0.1) is 0 Å². The first-order valence-corrected chi connectivity index (χ1v) is 6.01. The highest BCUT2D eigenvalue weighted by molar-refractivity contribution is 6.10. The number of H-pyrrole nitrogens is 2. The Balaban J connectivity index is 2.20. The molecule has 5 nitrogen and oxygen atoms in total.